The monoisotopic (exact) mass is 506 g/mol. The average Bonchev–Trinajstić information content (AvgIpc) is 3.21. The Morgan fingerprint density at radius 3 is 2.38 bits per heavy atom. The molecule has 3 aliphatic rings. The van der Waals surface area contributed by atoms with Gasteiger partial charge >= 0.3 is 6.09 Å². The van der Waals surface area contributed by atoms with Gasteiger partial charge in [-0.25, -0.2) is 4.79 Å². The normalized spacial score (nSPS) is 24.5. The molecule has 184 valence electrons. The Balaban J connectivity index is 1.19. The van der Waals surface area contributed by atoms with Crippen molar-refractivity contribution in [3.63, 3.8) is 0 Å². The van der Waals surface area contributed by atoms with Crippen LogP contribution in [0.15, 0.2) is 22.7 Å². The summed E-state index contributed by atoms with van der Waals surface area (Å²) in [6, 6.07) is 5.46. The second-order valence-electron chi connectivity index (χ2n) is 11.0. The van der Waals surface area contributed by atoms with Gasteiger partial charge in [-0.05, 0) is 76.3 Å². The van der Waals surface area contributed by atoms with Crippen LogP contribution in [0.1, 0.15) is 63.7 Å². The van der Waals surface area contributed by atoms with Gasteiger partial charge in [-0.3, -0.25) is 0 Å². The number of nitrogens with zero attached hydrogens (tertiary/aromatic N) is 2. The highest BCUT2D eigenvalue weighted by molar-refractivity contribution is 6.39. The highest BCUT2D eigenvalue weighted by Gasteiger charge is 2.43. The predicted molar refractivity (Wildman–Crippen MR) is 131 cm³/mol. The number of fused-ring (bicyclic) bond motifs is 1. The molecule has 1 aromatic carbocycles. The van der Waals surface area contributed by atoms with E-state index in [9.17, 15) is 4.79 Å². The molecule has 2 saturated carbocycles. The number of rotatable bonds is 6. The van der Waals surface area contributed by atoms with Gasteiger partial charge in [0.2, 0.25) is 0 Å². The third kappa shape index (κ3) is 5.09. The zero-order valence-electron chi connectivity index (χ0n) is 20.0. The fraction of sp³-hybridized carbons (Fsp3) is 0.615. The number of carbonyl (C=O) groups excluding carboxylic acids is 1. The van der Waals surface area contributed by atoms with E-state index in [4.69, 9.17) is 37.2 Å². The number of carbonyl (C=O) groups is 1. The van der Waals surface area contributed by atoms with E-state index >= 15 is 0 Å². The molecule has 0 radical (unpaired) electrons. The fourth-order valence-corrected chi connectivity index (χ4v) is 5.99. The van der Waals surface area contributed by atoms with Crippen LogP contribution in [0.2, 0.25) is 10.0 Å². The number of ether oxygens (including phenoxy) is 2. The minimum atomic E-state index is -0.459. The molecule has 34 heavy (non-hydrogen) atoms. The Morgan fingerprint density at radius 1 is 1.15 bits per heavy atom. The van der Waals surface area contributed by atoms with E-state index in [1.54, 1.807) is 0 Å². The minimum absolute atomic E-state index is 0.194. The largest absolute Gasteiger partial charge is 0.444 e. The molecule has 0 N–H and O–H groups in total. The summed E-state index contributed by atoms with van der Waals surface area (Å²) in [5, 5.41) is 5.46. The van der Waals surface area contributed by atoms with Gasteiger partial charge in [0.25, 0.3) is 0 Å². The van der Waals surface area contributed by atoms with Crippen molar-refractivity contribution in [3.05, 3.63) is 39.6 Å². The van der Waals surface area contributed by atoms with Gasteiger partial charge in [0.05, 0.1) is 16.7 Å². The van der Waals surface area contributed by atoms with E-state index < -0.39 is 5.60 Å². The number of hydrogen-bond acceptors (Lipinski definition) is 5. The van der Waals surface area contributed by atoms with Gasteiger partial charge in [0, 0.05) is 36.7 Å². The van der Waals surface area contributed by atoms with Crippen LogP contribution < -0.4 is 0 Å². The van der Waals surface area contributed by atoms with Gasteiger partial charge in [-0.15, -0.1) is 0 Å². The van der Waals surface area contributed by atoms with E-state index in [0.29, 0.717) is 58.2 Å². The number of hydrogen-bond donors (Lipinski definition) is 0. The SMILES string of the molecule is CC(C)(C)OC(=O)N1C[C@H]2CC(COCc3c(-c4c(Cl)cccc4Cl)noc3C3CC3)C[C@H]2C1. The first-order valence-electron chi connectivity index (χ1n) is 12.2. The van der Waals surface area contributed by atoms with Crippen LogP contribution in [0.4, 0.5) is 4.79 Å². The number of benzene rings is 1. The zero-order valence-corrected chi connectivity index (χ0v) is 21.5. The van der Waals surface area contributed by atoms with Crippen LogP contribution in [-0.2, 0) is 16.1 Å². The number of likely N-dealkylation sites (tertiary alicyclic amines) is 1. The number of halogens is 2. The summed E-state index contributed by atoms with van der Waals surface area (Å²) in [7, 11) is 0. The summed E-state index contributed by atoms with van der Waals surface area (Å²) >= 11 is 12.9. The van der Waals surface area contributed by atoms with Gasteiger partial charge in [-0.2, -0.15) is 0 Å². The minimum Gasteiger partial charge on any atom is -0.444 e. The summed E-state index contributed by atoms with van der Waals surface area (Å²) in [5.74, 6) is 2.85. The predicted octanol–water partition coefficient (Wildman–Crippen LogP) is 6.94. The molecule has 1 aliphatic heterocycles. The molecule has 2 heterocycles. The molecule has 1 saturated heterocycles. The van der Waals surface area contributed by atoms with Crippen molar-refractivity contribution < 1.29 is 18.8 Å². The van der Waals surface area contributed by atoms with E-state index in [2.05, 4.69) is 5.16 Å². The molecule has 3 fully saturated rings. The lowest BCUT2D eigenvalue weighted by molar-refractivity contribution is 0.0270. The second kappa shape index (κ2) is 9.36. The van der Waals surface area contributed by atoms with Crippen molar-refractivity contribution in [2.45, 2.75) is 64.6 Å². The van der Waals surface area contributed by atoms with Crippen molar-refractivity contribution in [3.8, 4) is 11.3 Å². The summed E-state index contributed by atoms with van der Waals surface area (Å²) in [6.07, 6.45) is 4.18. The summed E-state index contributed by atoms with van der Waals surface area (Å²) in [4.78, 5) is 14.3. The molecule has 3 atom stereocenters. The Hall–Kier alpha value is -1.76. The summed E-state index contributed by atoms with van der Waals surface area (Å²) < 4.78 is 17.5. The molecular weight excluding hydrogens is 475 g/mol. The maximum absolute atomic E-state index is 12.4. The van der Waals surface area contributed by atoms with Crippen LogP contribution in [0.5, 0.6) is 0 Å². The number of aromatic nitrogens is 1. The molecule has 2 aromatic rings. The van der Waals surface area contributed by atoms with Gasteiger partial charge < -0.3 is 18.9 Å². The summed E-state index contributed by atoms with van der Waals surface area (Å²) in [6.45, 7) is 8.40. The zero-order chi connectivity index (χ0) is 24.0. The third-order valence-electron chi connectivity index (χ3n) is 7.07. The maximum atomic E-state index is 12.4. The van der Waals surface area contributed by atoms with Crippen molar-refractivity contribution in [2.75, 3.05) is 19.7 Å². The second-order valence-corrected chi connectivity index (χ2v) is 11.8. The van der Waals surface area contributed by atoms with E-state index in [1.165, 1.54) is 0 Å². The Kier molecular flexibility index (Phi) is 6.60. The van der Waals surface area contributed by atoms with Crippen molar-refractivity contribution in [1.29, 1.82) is 0 Å². The third-order valence-corrected chi connectivity index (χ3v) is 7.70. The Morgan fingerprint density at radius 2 is 1.79 bits per heavy atom. The quantitative estimate of drug-likeness (QED) is 0.424. The van der Waals surface area contributed by atoms with Crippen LogP contribution in [0.25, 0.3) is 11.3 Å². The first-order valence-corrected chi connectivity index (χ1v) is 12.9. The molecule has 2 aliphatic carbocycles. The lowest BCUT2D eigenvalue weighted by Crippen LogP contribution is -2.36. The maximum Gasteiger partial charge on any atom is 0.410 e. The molecule has 1 amide bonds. The van der Waals surface area contributed by atoms with Crippen LogP contribution >= 0.6 is 23.2 Å². The van der Waals surface area contributed by atoms with Crippen LogP contribution in [0.3, 0.4) is 0 Å². The molecule has 1 aromatic heterocycles. The Bertz CT molecular complexity index is 1030. The average molecular weight is 507 g/mol. The molecule has 8 heteroatoms. The molecule has 1 unspecified atom stereocenters. The highest BCUT2D eigenvalue weighted by atomic mass is 35.5. The topological polar surface area (TPSA) is 64.8 Å². The summed E-state index contributed by atoms with van der Waals surface area (Å²) in [5.41, 5.74) is 1.90. The van der Waals surface area contributed by atoms with Crippen molar-refractivity contribution in [2.24, 2.45) is 17.8 Å². The van der Waals surface area contributed by atoms with E-state index in [0.717, 1.165) is 50.1 Å². The van der Waals surface area contributed by atoms with Crippen molar-refractivity contribution in [1.82, 2.24) is 10.1 Å². The number of amides is 1. The van der Waals surface area contributed by atoms with Gasteiger partial charge in [0.15, 0.2) is 0 Å². The molecule has 6 nitrogen and oxygen atoms in total. The Labute approximate surface area is 210 Å². The van der Waals surface area contributed by atoms with Gasteiger partial charge in [-0.1, -0.05) is 34.4 Å². The fourth-order valence-electron chi connectivity index (χ4n) is 5.41. The molecular formula is C26H32Cl2N2O4. The van der Waals surface area contributed by atoms with Crippen molar-refractivity contribution >= 4 is 29.3 Å². The molecule has 5 rings (SSSR count). The lowest BCUT2D eigenvalue weighted by atomic mass is 10.0. The van der Waals surface area contributed by atoms with Crippen LogP contribution in [-0.4, -0.2) is 41.4 Å². The first-order chi connectivity index (χ1) is 16.2. The smallest absolute Gasteiger partial charge is 0.410 e. The van der Waals surface area contributed by atoms with E-state index in [1.807, 2.05) is 43.9 Å². The van der Waals surface area contributed by atoms with Crippen LogP contribution in [0, 0.1) is 17.8 Å². The molecule has 0 bridgehead atoms. The lowest BCUT2D eigenvalue weighted by Gasteiger charge is -2.25. The van der Waals surface area contributed by atoms with E-state index in [-0.39, 0.29) is 6.09 Å². The first kappa shape index (κ1) is 24.0. The standard InChI is InChI=1S/C26H32Cl2N2O4/c1-26(2,3)33-25(31)30-11-17-9-15(10-18(17)12-30)13-32-14-19-23(29-34-24(19)16-7-8-16)22-20(27)5-4-6-21(22)28/h4-6,15-18H,7-14H2,1-3H3/t15?,17-,18+. The molecule has 0 spiro atoms. The highest BCUT2D eigenvalue weighted by Crippen LogP contribution is 2.46. The van der Waals surface area contributed by atoms with Gasteiger partial charge in [0.1, 0.15) is 17.1 Å².